The van der Waals surface area contributed by atoms with Gasteiger partial charge in [0.2, 0.25) is 5.91 Å². The smallest absolute Gasteiger partial charge is 0.227 e. The Kier molecular flexibility index (Phi) is 4.51. The number of piperidine rings is 1. The van der Waals surface area contributed by atoms with E-state index in [0.717, 1.165) is 39.1 Å². The Bertz CT molecular complexity index is 480. The normalized spacial score (nSPS) is 26.1. The SMILES string of the molecule is COCCN1CC[C@@H]2CN(Cc3cccnc3)C[C@H]2C1=O. The highest BCUT2D eigenvalue weighted by molar-refractivity contribution is 5.80. The van der Waals surface area contributed by atoms with E-state index >= 15 is 0 Å². The molecule has 21 heavy (non-hydrogen) atoms. The number of carbonyl (C=O) groups excluding carboxylic acids is 1. The summed E-state index contributed by atoms with van der Waals surface area (Å²) in [5.41, 5.74) is 1.22. The van der Waals surface area contributed by atoms with Crippen LogP contribution in [0.25, 0.3) is 0 Å². The Morgan fingerprint density at radius 1 is 1.43 bits per heavy atom. The molecule has 0 aromatic carbocycles. The van der Waals surface area contributed by atoms with Crippen molar-refractivity contribution in [2.45, 2.75) is 13.0 Å². The van der Waals surface area contributed by atoms with Gasteiger partial charge in [0.05, 0.1) is 12.5 Å². The van der Waals surface area contributed by atoms with Crippen molar-refractivity contribution in [2.24, 2.45) is 11.8 Å². The largest absolute Gasteiger partial charge is 0.383 e. The minimum atomic E-state index is 0.173. The van der Waals surface area contributed by atoms with Crippen molar-refractivity contribution < 1.29 is 9.53 Å². The Balaban J connectivity index is 1.59. The molecule has 2 saturated heterocycles. The van der Waals surface area contributed by atoms with E-state index in [9.17, 15) is 4.79 Å². The van der Waals surface area contributed by atoms with E-state index in [-0.39, 0.29) is 5.92 Å². The lowest BCUT2D eigenvalue weighted by atomic mass is 9.88. The lowest BCUT2D eigenvalue weighted by Gasteiger charge is -2.33. The summed E-state index contributed by atoms with van der Waals surface area (Å²) in [5, 5.41) is 0. The van der Waals surface area contributed by atoms with E-state index in [2.05, 4.69) is 16.0 Å². The summed E-state index contributed by atoms with van der Waals surface area (Å²) in [6.45, 7) is 5.03. The number of carbonyl (C=O) groups is 1. The third-order valence-electron chi connectivity index (χ3n) is 4.61. The minimum Gasteiger partial charge on any atom is -0.383 e. The number of nitrogens with zero attached hydrogens (tertiary/aromatic N) is 3. The van der Waals surface area contributed by atoms with Crippen LogP contribution >= 0.6 is 0 Å². The van der Waals surface area contributed by atoms with Crippen LogP contribution in [0.3, 0.4) is 0 Å². The van der Waals surface area contributed by atoms with Crippen LogP contribution in [0.2, 0.25) is 0 Å². The van der Waals surface area contributed by atoms with Crippen molar-refractivity contribution in [3.05, 3.63) is 30.1 Å². The van der Waals surface area contributed by atoms with Crippen LogP contribution in [-0.2, 0) is 16.1 Å². The van der Waals surface area contributed by atoms with E-state index in [0.29, 0.717) is 18.4 Å². The van der Waals surface area contributed by atoms with Gasteiger partial charge in [-0.25, -0.2) is 0 Å². The van der Waals surface area contributed by atoms with Gasteiger partial charge in [-0.05, 0) is 24.0 Å². The molecule has 3 heterocycles. The number of hydrogen-bond donors (Lipinski definition) is 0. The second kappa shape index (κ2) is 6.54. The van der Waals surface area contributed by atoms with Gasteiger partial charge >= 0.3 is 0 Å². The maximum atomic E-state index is 12.5. The minimum absolute atomic E-state index is 0.173. The quantitative estimate of drug-likeness (QED) is 0.811. The van der Waals surface area contributed by atoms with Crippen LogP contribution in [-0.4, -0.2) is 60.6 Å². The number of rotatable bonds is 5. The number of ether oxygens (including phenoxy) is 1. The maximum absolute atomic E-state index is 12.5. The predicted molar refractivity (Wildman–Crippen MR) is 79.6 cm³/mol. The highest BCUT2D eigenvalue weighted by atomic mass is 16.5. The summed E-state index contributed by atoms with van der Waals surface area (Å²) in [6.07, 6.45) is 4.82. The zero-order valence-electron chi connectivity index (χ0n) is 12.6. The number of amides is 1. The van der Waals surface area contributed by atoms with Crippen LogP contribution in [0, 0.1) is 11.8 Å². The van der Waals surface area contributed by atoms with Gasteiger partial charge in [-0.15, -0.1) is 0 Å². The van der Waals surface area contributed by atoms with Gasteiger partial charge in [-0.1, -0.05) is 6.07 Å². The third kappa shape index (κ3) is 3.24. The standard InChI is InChI=1S/C16H23N3O2/c1-21-8-7-19-6-4-14-11-18(12-15(14)16(19)20)10-13-3-2-5-17-9-13/h2-3,5,9,14-15H,4,6-8,10-12H2,1H3/t14-,15-/m1/s1. The molecule has 114 valence electrons. The lowest BCUT2D eigenvalue weighted by Crippen LogP contribution is -2.46. The monoisotopic (exact) mass is 289 g/mol. The van der Waals surface area contributed by atoms with Crippen molar-refractivity contribution in [3.63, 3.8) is 0 Å². The number of hydrogen-bond acceptors (Lipinski definition) is 4. The number of methoxy groups -OCH3 is 1. The molecule has 0 N–H and O–H groups in total. The summed E-state index contributed by atoms with van der Waals surface area (Å²) < 4.78 is 5.09. The first kappa shape index (κ1) is 14.5. The molecule has 0 spiro atoms. The summed E-state index contributed by atoms with van der Waals surface area (Å²) in [7, 11) is 1.68. The topological polar surface area (TPSA) is 45.7 Å². The van der Waals surface area contributed by atoms with E-state index in [4.69, 9.17) is 4.74 Å². The molecular formula is C16H23N3O2. The number of aromatic nitrogens is 1. The molecule has 3 rings (SSSR count). The van der Waals surface area contributed by atoms with E-state index in [1.165, 1.54) is 5.56 Å². The molecule has 2 atom stereocenters. The van der Waals surface area contributed by atoms with Crippen molar-refractivity contribution in [2.75, 3.05) is 39.9 Å². The van der Waals surface area contributed by atoms with Gasteiger partial charge < -0.3 is 9.64 Å². The number of fused-ring (bicyclic) bond motifs is 1. The van der Waals surface area contributed by atoms with Crippen LogP contribution in [0.4, 0.5) is 0 Å². The van der Waals surface area contributed by atoms with Crippen LogP contribution < -0.4 is 0 Å². The second-order valence-corrected chi connectivity index (χ2v) is 6.03. The Morgan fingerprint density at radius 2 is 2.33 bits per heavy atom. The fourth-order valence-electron chi connectivity index (χ4n) is 3.50. The molecule has 0 radical (unpaired) electrons. The molecule has 1 amide bonds. The first-order valence-electron chi connectivity index (χ1n) is 7.67. The molecule has 5 heteroatoms. The predicted octanol–water partition coefficient (Wildman–Crippen LogP) is 1.01. The summed E-state index contributed by atoms with van der Waals surface area (Å²) >= 11 is 0. The van der Waals surface area contributed by atoms with Crippen molar-refractivity contribution >= 4 is 5.91 Å². The first-order valence-corrected chi connectivity index (χ1v) is 7.67. The Hall–Kier alpha value is -1.46. The molecule has 0 unspecified atom stereocenters. The first-order chi connectivity index (χ1) is 10.3. The van der Waals surface area contributed by atoms with Crippen molar-refractivity contribution in [3.8, 4) is 0 Å². The average Bonchev–Trinajstić information content (AvgIpc) is 2.91. The van der Waals surface area contributed by atoms with Gasteiger partial charge in [-0.2, -0.15) is 0 Å². The molecule has 1 aromatic heterocycles. The van der Waals surface area contributed by atoms with Gasteiger partial charge in [0, 0.05) is 52.2 Å². The molecule has 5 nitrogen and oxygen atoms in total. The molecule has 1 aromatic rings. The molecular weight excluding hydrogens is 266 g/mol. The van der Waals surface area contributed by atoms with Crippen LogP contribution in [0.5, 0.6) is 0 Å². The van der Waals surface area contributed by atoms with E-state index < -0.39 is 0 Å². The molecule has 0 saturated carbocycles. The zero-order valence-corrected chi connectivity index (χ0v) is 12.6. The van der Waals surface area contributed by atoms with Crippen molar-refractivity contribution in [1.29, 1.82) is 0 Å². The fourth-order valence-corrected chi connectivity index (χ4v) is 3.50. The molecule has 2 aliphatic rings. The lowest BCUT2D eigenvalue weighted by molar-refractivity contribution is -0.140. The van der Waals surface area contributed by atoms with Crippen LogP contribution in [0.15, 0.2) is 24.5 Å². The fraction of sp³-hybridized carbons (Fsp3) is 0.625. The Morgan fingerprint density at radius 3 is 3.10 bits per heavy atom. The van der Waals surface area contributed by atoms with E-state index in [1.54, 1.807) is 13.3 Å². The number of pyridine rings is 1. The number of likely N-dealkylation sites (tertiary alicyclic amines) is 2. The van der Waals surface area contributed by atoms with Crippen LogP contribution in [0.1, 0.15) is 12.0 Å². The summed E-state index contributed by atoms with van der Waals surface area (Å²) in [5.74, 6) is 1.01. The summed E-state index contributed by atoms with van der Waals surface area (Å²) in [6, 6.07) is 4.07. The summed E-state index contributed by atoms with van der Waals surface area (Å²) in [4.78, 5) is 21.1. The Labute approximate surface area is 125 Å². The van der Waals surface area contributed by atoms with E-state index in [1.807, 2.05) is 17.2 Å². The van der Waals surface area contributed by atoms with Gasteiger partial charge in [-0.3, -0.25) is 14.7 Å². The highest BCUT2D eigenvalue weighted by Gasteiger charge is 2.42. The molecule has 0 bridgehead atoms. The third-order valence-corrected chi connectivity index (χ3v) is 4.61. The van der Waals surface area contributed by atoms with Gasteiger partial charge in [0.25, 0.3) is 0 Å². The molecule has 0 aliphatic carbocycles. The van der Waals surface area contributed by atoms with Gasteiger partial charge in [0.1, 0.15) is 0 Å². The zero-order chi connectivity index (χ0) is 14.7. The second-order valence-electron chi connectivity index (χ2n) is 6.03. The highest BCUT2D eigenvalue weighted by Crippen LogP contribution is 2.32. The maximum Gasteiger partial charge on any atom is 0.227 e. The molecule has 2 fully saturated rings. The van der Waals surface area contributed by atoms with Gasteiger partial charge in [0.15, 0.2) is 0 Å². The average molecular weight is 289 g/mol. The molecule has 2 aliphatic heterocycles. The van der Waals surface area contributed by atoms with Crippen molar-refractivity contribution in [1.82, 2.24) is 14.8 Å².